The Morgan fingerprint density at radius 3 is 2.43 bits per heavy atom. The second-order valence-corrected chi connectivity index (χ2v) is 2.81. The fourth-order valence-corrected chi connectivity index (χ4v) is 1.79. The average molecular weight is 98.2 g/mol. The summed E-state index contributed by atoms with van der Waals surface area (Å²) < 4.78 is 0. The highest BCUT2D eigenvalue weighted by atomic mass is 15.0. The third kappa shape index (κ3) is 0.418. The maximum Gasteiger partial charge on any atom is 0.0889 e. The molecule has 0 bridgehead atoms. The van der Waals surface area contributed by atoms with Crippen molar-refractivity contribution in [1.29, 1.82) is 0 Å². The van der Waals surface area contributed by atoms with E-state index in [9.17, 15) is 0 Å². The van der Waals surface area contributed by atoms with Gasteiger partial charge >= 0.3 is 0 Å². The van der Waals surface area contributed by atoms with Crippen molar-refractivity contribution in [3.63, 3.8) is 0 Å². The molecule has 2 N–H and O–H groups in total. The van der Waals surface area contributed by atoms with Crippen molar-refractivity contribution < 1.29 is 5.32 Å². The number of quaternary nitrogens is 1. The predicted molar refractivity (Wildman–Crippen MR) is 27.9 cm³/mol. The van der Waals surface area contributed by atoms with E-state index in [2.05, 4.69) is 5.32 Å². The van der Waals surface area contributed by atoms with Crippen LogP contribution in [0.25, 0.3) is 0 Å². The fraction of sp³-hybridized carbons (Fsp3) is 1.00. The molecular weight excluding hydrogens is 86.1 g/mol. The molecule has 2 rings (SSSR count). The number of hydrogen-bond donors (Lipinski definition) is 1. The van der Waals surface area contributed by atoms with Gasteiger partial charge in [0.15, 0.2) is 0 Å². The first-order valence-electron chi connectivity index (χ1n) is 3.30. The predicted octanol–water partition coefficient (Wildman–Crippen LogP) is -0.268. The van der Waals surface area contributed by atoms with Gasteiger partial charge < -0.3 is 5.32 Å². The van der Waals surface area contributed by atoms with Crippen molar-refractivity contribution in [3.8, 4) is 0 Å². The minimum Gasteiger partial charge on any atom is -0.344 e. The fourth-order valence-electron chi connectivity index (χ4n) is 1.79. The van der Waals surface area contributed by atoms with Crippen LogP contribution < -0.4 is 5.32 Å². The third-order valence-corrected chi connectivity index (χ3v) is 2.48. The number of hydrogen-bond acceptors (Lipinski definition) is 0. The van der Waals surface area contributed by atoms with Gasteiger partial charge in [-0.25, -0.2) is 0 Å². The summed E-state index contributed by atoms with van der Waals surface area (Å²) in [6, 6.07) is 1.07. The van der Waals surface area contributed by atoms with Gasteiger partial charge in [-0.3, -0.25) is 0 Å². The van der Waals surface area contributed by atoms with Crippen molar-refractivity contribution in [3.05, 3.63) is 0 Å². The lowest BCUT2D eigenvalue weighted by Gasteiger charge is -2.25. The van der Waals surface area contributed by atoms with Crippen LogP contribution in [-0.4, -0.2) is 12.6 Å². The highest BCUT2D eigenvalue weighted by Crippen LogP contribution is 2.29. The van der Waals surface area contributed by atoms with Crippen LogP contribution in [0.4, 0.5) is 0 Å². The topological polar surface area (TPSA) is 16.6 Å². The zero-order chi connectivity index (χ0) is 4.69. The lowest BCUT2D eigenvalue weighted by atomic mass is 9.81. The molecule has 0 aromatic carbocycles. The van der Waals surface area contributed by atoms with Crippen LogP contribution in [0.5, 0.6) is 0 Å². The summed E-state index contributed by atoms with van der Waals surface area (Å²) >= 11 is 0. The van der Waals surface area contributed by atoms with Crippen LogP contribution >= 0.6 is 0 Å². The molecule has 1 heteroatoms. The standard InChI is InChI=1S/C6H11N/c1-2-6-5(1)3-4-7-6/h5-7H,1-4H2/p+1. The third-order valence-electron chi connectivity index (χ3n) is 2.48. The van der Waals surface area contributed by atoms with Crippen LogP contribution in [0.3, 0.4) is 0 Å². The van der Waals surface area contributed by atoms with Gasteiger partial charge in [0.1, 0.15) is 0 Å². The molecule has 0 amide bonds. The molecular formula is C6H12N+. The summed E-state index contributed by atoms with van der Waals surface area (Å²) in [5, 5.41) is 2.51. The Hall–Kier alpha value is -0.0400. The molecule has 1 saturated carbocycles. The molecule has 1 nitrogen and oxygen atoms in total. The molecule has 0 radical (unpaired) electrons. The van der Waals surface area contributed by atoms with Crippen molar-refractivity contribution in [1.82, 2.24) is 0 Å². The van der Waals surface area contributed by atoms with E-state index in [4.69, 9.17) is 0 Å². The van der Waals surface area contributed by atoms with Gasteiger partial charge in [-0.05, 0) is 6.42 Å². The van der Waals surface area contributed by atoms with Crippen molar-refractivity contribution in [2.24, 2.45) is 5.92 Å². The molecule has 7 heavy (non-hydrogen) atoms. The molecule has 2 unspecified atom stereocenters. The Labute approximate surface area is 44.1 Å². The summed E-state index contributed by atoms with van der Waals surface area (Å²) in [4.78, 5) is 0. The summed E-state index contributed by atoms with van der Waals surface area (Å²) in [5.74, 6) is 1.14. The molecule has 40 valence electrons. The number of nitrogens with two attached hydrogens (primary N) is 1. The molecule has 2 aliphatic rings. The lowest BCUT2D eigenvalue weighted by Crippen LogP contribution is -2.88. The first kappa shape index (κ1) is 3.90. The second-order valence-electron chi connectivity index (χ2n) is 2.81. The van der Waals surface area contributed by atoms with Crippen molar-refractivity contribution >= 4 is 0 Å². The van der Waals surface area contributed by atoms with E-state index >= 15 is 0 Å². The molecule has 0 aromatic rings. The van der Waals surface area contributed by atoms with E-state index in [0.29, 0.717) is 0 Å². The quantitative estimate of drug-likeness (QED) is 0.429. The van der Waals surface area contributed by atoms with Gasteiger partial charge in [-0.1, -0.05) is 0 Å². The van der Waals surface area contributed by atoms with E-state index in [1.807, 2.05) is 0 Å². The van der Waals surface area contributed by atoms with Crippen molar-refractivity contribution in [2.45, 2.75) is 25.3 Å². The molecule has 1 saturated heterocycles. The van der Waals surface area contributed by atoms with E-state index in [1.165, 1.54) is 25.8 Å². The van der Waals surface area contributed by atoms with Gasteiger partial charge in [0.05, 0.1) is 12.6 Å². The van der Waals surface area contributed by atoms with Crippen LogP contribution in [-0.2, 0) is 0 Å². The first-order chi connectivity index (χ1) is 3.47. The van der Waals surface area contributed by atoms with E-state index in [-0.39, 0.29) is 0 Å². The summed E-state index contributed by atoms with van der Waals surface area (Å²) in [6.07, 6.45) is 4.54. The molecule has 1 aliphatic carbocycles. The molecule has 2 fully saturated rings. The Balaban J connectivity index is 2.03. The molecule has 1 heterocycles. The van der Waals surface area contributed by atoms with E-state index in [0.717, 1.165) is 12.0 Å². The highest BCUT2D eigenvalue weighted by Gasteiger charge is 2.38. The minimum absolute atomic E-state index is 1.07. The monoisotopic (exact) mass is 98.1 g/mol. The SMILES string of the molecule is C1CC2CCC2[NH2+]1. The lowest BCUT2D eigenvalue weighted by molar-refractivity contribution is -0.680. The largest absolute Gasteiger partial charge is 0.344 e. The zero-order valence-corrected chi connectivity index (χ0v) is 4.56. The average Bonchev–Trinajstić information content (AvgIpc) is 1.85. The van der Waals surface area contributed by atoms with Gasteiger partial charge in [0.2, 0.25) is 0 Å². The van der Waals surface area contributed by atoms with Crippen LogP contribution in [0, 0.1) is 5.92 Å². The Bertz CT molecular complexity index is 70.2. The first-order valence-corrected chi connectivity index (χ1v) is 3.30. The summed E-state index contributed by atoms with van der Waals surface area (Å²) in [7, 11) is 0. The molecule has 1 aliphatic heterocycles. The molecule has 0 aromatic heterocycles. The number of fused-ring (bicyclic) bond motifs is 1. The van der Waals surface area contributed by atoms with Gasteiger partial charge in [0, 0.05) is 18.8 Å². The van der Waals surface area contributed by atoms with Gasteiger partial charge in [-0.15, -0.1) is 0 Å². The van der Waals surface area contributed by atoms with Crippen LogP contribution in [0.1, 0.15) is 19.3 Å². The maximum atomic E-state index is 2.51. The summed E-state index contributed by atoms with van der Waals surface area (Å²) in [6.45, 7) is 1.41. The normalized spacial score (nSPS) is 48.0. The summed E-state index contributed by atoms with van der Waals surface area (Å²) in [5.41, 5.74) is 0. The van der Waals surface area contributed by atoms with E-state index < -0.39 is 0 Å². The van der Waals surface area contributed by atoms with Crippen LogP contribution in [0.15, 0.2) is 0 Å². The zero-order valence-electron chi connectivity index (χ0n) is 4.56. The van der Waals surface area contributed by atoms with Gasteiger partial charge in [0.25, 0.3) is 0 Å². The second kappa shape index (κ2) is 1.22. The van der Waals surface area contributed by atoms with Crippen molar-refractivity contribution in [2.75, 3.05) is 6.54 Å². The Kier molecular flexibility index (Phi) is 0.680. The highest BCUT2D eigenvalue weighted by molar-refractivity contribution is 4.81. The smallest absolute Gasteiger partial charge is 0.0889 e. The van der Waals surface area contributed by atoms with Crippen LogP contribution in [0.2, 0.25) is 0 Å². The Morgan fingerprint density at radius 2 is 2.14 bits per heavy atom. The minimum atomic E-state index is 1.07. The number of rotatable bonds is 0. The maximum absolute atomic E-state index is 2.51. The Morgan fingerprint density at radius 1 is 1.14 bits per heavy atom. The molecule has 0 spiro atoms. The van der Waals surface area contributed by atoms with E-state index in [1.54, 1.807) is 0 Å². The molecule has 2 atom stereocenters. The van der Waals surface area contributed by atoms with Gasteiger partial charge in [-0.2, -0.15) is 0 Å².